The fourth-order valence-corrected chi connectivity index (χ4v) is 2.21. The van der Waals surface area contributed by atoms with Crippen LogP contribution >= 0.6 is 15.9 Å². The molecule has 0 spiro atoms. The van der Waals surface area contributed by atoms with Crippen LogP contribution in [-0.4, -0.2) is 6.54 Å². The molecular weight excluding hydrogens is 290 g/mol. The summed E-state index contributed by atoms with van der Waals surface area (Å²) in [4.78, 5) is 0. The molecule has 0 unspecified atom stereocenters. The standard InChI is InChI=1S/C15H16BrNO/c1-11-3-2-4-14(9-11)18-15-6-5-13(16)10-12(15)7-8-17/h2-6,9-10H,7-8,17H2,1H3. The van der Waals surface area contributed by atoms with Crippen LogP contribution in [-0.2, 0) is 6.42 Å². The van der Waals surface area contributed by atoms with E-state index in [4.69, 9.17) is 10.5 Å². The fraction of sp³-hybridized carbons (Fsp3) is 0.200. The van der Waals surface area contributed by atoms with E-state index in [2.05, 4.69) is 35.0 Å². The second kappa shape index (κ2) is 6.03. The van der Waals surface area contributed by atoms with Crippen LogP contribution in [0.25, 0.3) is 0 Å². The molecule has 0 aliphatic rings. The van der Waals surface area contributed by atoms with E-state index in [0.29, 0.717) is 6.54 Å². The molecule has 0 atom stereocenters. The maximum absolute atomic E-state index is 5.92. The van der Waals surface area contributed by atoms with E-state index in [9.17, 15) is 0 Å². The third kappa shape index (κ3) is 3.34. The van der Waals surface area contributed by atoms with E-state index in [1.807, 2.05) is 30.3 Å². The summed E-state index contributed by atoms with van der Waals surface area (Å²) in [5.74, 6) is 1.73. The Morgan fingerprint density at radius 2 is 2.00 bits per heavy atom. The van der Waals surface area contributed by atoms with Gasteiger partial charge < -0.3 is 10.5 Å². The molecule has 18 heavy (non-hydrogen) atoms. The summed E-state index contributed by atoms with van der Waals surface area (Å²) in [7, 11) is 0. The van der Waals surface area contributed by atoms with Crippen molar-refractivity contribution in [1.82, 2.24) is 0 Å². The second-order valence-electron chi connectivity index (χ2n) is 4.21. The SMILES string of the molecule is Cc1cccc(Oc2ccc(Br)cc2CCN)c1. The average molecular weight is 306 g/mol. The molecule has 0 amide bonds. The van der Waals surface area contributed by atoms with Crippen molar-refractivity contribution in [2.75, 3.05) is 6.54 Å². The van der Waals surface area contributed by atoms with Gasteiger partial charge in [-0.15, -0.1) is 0 Å². The summed E-state index contributed by atoms with van der Waals surface area (Å²) >= 11 is 3.47. The van der Waals surface area contributed by atoms with Crippen molar-refractivity contribution in [2.24, 2.45) is 5.73 Å². The molecule has 0 radical (unpaired) electrons. The van der Waals surface area contributed by atoms with Gasteiger partial charge in [-0.25, -0.2) is 0 Å². The van der Waals surface area contributed by atoms with Gasteiger partial charge in [-0.3, -0.25) is 0 Å². The molecule has 0 saturated heterocycles. The molecule has 0 fully saturated rings. The quantitative estimate of drug-likeness (QED) is 0.925. The van der Waals surface area contributed by atoms with Gasteiger partial charge in [0.25, 0.3) is 0 Å². The average Bonchev–Trinajstić information content (AvgIpc) is 2.33. The van der Waals surface area contributed by atoms with Crippen LogP contribution in [0.2, 0.25) is 0 Å². The van der Waals surface area contributed by atoms with Crippen molar-refractivity contribution in [1.29, 1.82) is 0 Å². The minimum Gasteiger partial charge on any atom is -0.457 e. The predicted octanol–water partition coefficient (Wildman–Crippen LogP) is 4.05. The number of ether oxygens (including phenoxy) is 1. The van der Waals surface area contributed by atoms with Crippen molar-refractivity contribution < 1.29 is 4.74 Å². The molecule has 0 heterocycles. The van der Waals surface area contributed by atoms with Crippen molar-refractivity contribution in [3.63, 3.8) is 0 Å². The number of hydrogen-bond acceptors (Lipinski definition) is 2. The summed E-state index contributed by atoms with van der Waals surface area (Å²) in [6.07, 6.45) is 0.806. The minimum atomic E-state index is 0.612. The Morgan fingerprint density at radius 1 is 1.17 bits per heavy atom. The van der Waals surface area contributed by atoms with E-state index in [0.717, 1.165) is 28.0 Å². The zero-order chi connectivity index (χ0) is 13.0. The van der Waals surface area contributed by atoms with Crippen LogP contribution in [0.1, 0.15) is 11.1 Å². The van der Waals surface area contributed by atoms with Crippen LogP contribution in [0.3, 0.4) is 0 Å². The molecule has 0 bridgehead atoms. The topological polar surface area (TPSA) is 35.2 Å². The van der Waals surface area contributed by atoms with Crippen LogP contribution in [0, 0.1) is 6.92 Å². The summed E-state index contributed by atoms with van der Waals surface area (Å²) in [5.41, 5.74) is 7.93. The first-order valence-corrected chi connectivity index (χ1v) is 6.71. The summed E-state index contributed by atoms with van der Waals surface area (Å²) in [6.45, 7) is 2.66. The fourth-order valence-electron chi connectivity index (χ4n) is 1.80. The molecule has 0 aliphatic heterocycles. The molecule has 2 aromatic rings. The largest absolute Gasteiger partial charge is 0.457 e. The van der Waals surface area contributed by atoms with E-state index < -0.39 is 0 Å². The minimum absolute atomic E-state index is 0.612. The Hall–Kier alpha value is -1.32. The second-order valence-corrected chi connectivity index (χ2v) is 5.12. The van der Waals surface area contributed by atoms with Gasteiger partial charge in [0.2, 0.25) is 0 Å². The zero-order valence-electron chi connectivity index (χ0n) is 10.3. The third-order valence-corrected chi connectivity index (χ3v) is 3.15. The Labute approximate surface area is 116 Å². The lowest BCUT2D eigenvalue weighted by atomic mass is 10.1. The Kier molecular flexibility index (Phi) is 4.39. The summed E-state index contributed by atoms with van der Waals surface area (Å²) in [5, 5.41) is 0. The number of aryl methyl sites for hydroxylation is 1. The van der Waals surface area contributed by atoms with Crippen molar-refractivity contribution in [3.8, 4) is 11.5 Å². The molecular formula is C15H16BrNO. The van der Waals surface area contributed by atoms with Crippen molar-refractivity contribution in [2.45, 2.75) is 13.3 Å². The highest BCUT2D eigenvalue weighted by Crippen LogP contribution is 2.28. The number of nitrogens with two attached hydrogens (primary N) is 1. The summed E-state index contributed by atoms with van der Waals surface area (Å²) in [6, 6.07) is 14.0. The lowest BCUT2D eigenvalue weighted by Crippen LogP contribution is -2.04. The van der Waals surface area contributed by atoms with Gasteiger partial charge in [-0.05, 0) is 61.3 Å². The highest BCUT2D eigenvalue weighted by Gasteiger charge is 2.05. The lowest BCUT2D eigenvalue weighted by molar-refractivity contribution is 0.475. The van der Waals surface area contributed by atoms with Crippen molar-refractivity contribution >= 4 is 15.9 Å². The van der Waals surface area contributed by atoms with E-state index in [1.165, 1.54) is 5.56 Å². The molecule has 3 heteroatoms. The van der Waals surface area contributed by atoms with Gasteiger partial charge in [0.15, 0.2) is 0 Å². The first kappa shape index (κ1) is 13.1. The highest BCUT2D eigenvalue weighted by molar-refractivity contribution is 9.10. The Bertz CT molecular complexity index is 540. The smallest absolute Gasteiger partial charge is 0.130 e. The lowest BCUT2D eigenvalue weighted by Gasteiger charge is -2.11. The van der Waals surface area contributed by atoms with Gasteiger partial charge in [0, 0.05) is 4.47 Å². The van der Waals surface area contributed by atoms with Gasteiger partial charge in [0.1, 0.15) is 11.5 Å². The molecule has 0 aromatic heterocycles. The van der Waals surface area contributed by atoms with Gasteiger partial charge in [0.05, 0.1) is 0 Å². The van der Waals surface area contributed by atoms with Gasteiger partial charge in [-0.2, -0.15) is 0 Å². The van der Waals surface area contributed by atoms with E-state index in [-0.39, 0.29) is 0 Å². The normalized spacial score (nSPS) is 10.4. The van der Waals surface area contributed by atoms with Crippen LogP contribution in [0.15, 0.2) is 46.9 Å². The summed E-state index contributed by atoms with van der Waals surface area (Å²) < 4.78 is 6.97. The van der Waals surface area contributed by atoms with Gasteiger partial charge in [-0.1, -0.05) is 28.1 Å². The number of halogens is 1. The molecule has 2 nitrogen and oxygen atoms in total. The predicted molar refractivity (Wildman–Crippen MR) is 78.2 cm³/mol. The first-order valence-electron chi connectivity index (χ1n) is 5.92. The van der Waals surface area contributed by atoms with Gasteiger partial charge >= 0.3 is 0 Å². The van der Waals surface area contributed by atoms with Crippen LogP contribution < -0.4 is 10.5 Å². The Morgan fingerprint density at radius 3 is 2.72 bits per heavy atom. The number of rotatable bonds is 4. The molecule has 94 valence electrons. The maximum Gasteiger partial charge on any atom is 0.130 e. The molecule has 2 N–H and O–H groups in total. The number of hydrogen-bond donors (Lipinski definition) is 1. The zero-order valence-corrected chi connectivity index (χ0v) is 11.9. The third-order valence-electron chi connectivity index (χ3n) is 2.65. The van der Waals surface area contributed by atoms with Crippen molar-refractivity contribution in [3.05, 3.63) is 58.1 Å². The highest BCUT2D eigenvalue weighted by atomic mass is 79.9. The van der Waals surface area contributed by atoms with E-state index in [1.54, 1.807) is 0 Å². The van der Waals surface area contributed by atoms with Crippen LogP contribution in [0.5, 0.6) is 11.5 Å². The molecule has 2 aromatic carbocycles. The maximum atomic E-state index is 5.92. The van der Waals surface area contributed by atoms with E-state index >= 15 is 0 Å². The number of benzene rings is 2. The monoisotopic (exact) mass is 305 g/mol. The van der Waals surface area contributed by atoms with Crippen LogP contribution in [0.4, 0.5) is 0 Å². The molecule has 2 rings (SSSR count). The molecule has 0 saturated carbocycles. The molecule has 0 aliphatic carbocycles. The Balaban J connectivity index is 2.28. The first-order chi connectivity index (χ1) is 8.69.